The summed E-state index contributed by atoms with van der Waals surface area (Å²) >= 11 is 0. The van der Waals surface area contributed by atoms with Crippen molar-refractivity contribution in [3.8, 4) is 11.5 Å². The van der Waals surface area contributed by atoms with Gasteiger partial charge in [-0.15, -0.1) is 0 Å². The van der Waals surface area contributed by atoms with Gasteiger partial charge in [0.25, 0.3) is 11.5 Å². The van der Waals surface area contributed by atoms with E-state index in [-0.39, 0.29) is 57.4 Å². The molecule has 3 aromatic rings. The summed E-state index contributed by atoms with van der Waals surface area (Å²) in [5, 5.41) is 4.40. The summed E-state index contributed by atoms with van der Waals surface area (Å²) in [4.78, 5) is 48.4. The van der Waals surface area contributed by atoms with Gasteiger partial charge in [-0.2, -0.15) is 13.2 Å². The van der Waals surface area contributed by atoms with Gasteiger partial charge in [0.15, 0.2) is 11.5 Å². The highest BCUT2D eigenvalue weighted by molar-refractivity contribution is 6.03. The molecule has 0 saturated carbocycles. The van der Waals surface area contributed by atoms with E-state index in [2.05, 4.69) is 25.6 Å². The standard InChI is InChI=1S/C20H20F3N7O5/c1-25-13(31)5-6-35-12-4-3-11-14(15(12)34-2)28-19(30(17(11)33)9-20(21,22)23)29-16(32)10-7-26-18(24)27-8-10/h3-4,7-8H,5-6,9H2,1-2H3,(H,25,31)(H2,24,26,27)(H,28,29,32). The van der Waals surface area contributed by atoms with E-state index in [1.54, 1.807) is 0 Å². The van der Waals surface area contributed by atoms with Crippen LogP contribution in [0, 0.1) is 0 Å². The van der Waals surface area contributed by atoms with Crippen molar-refractivity contribution in [2.45, 2.75) is 19.1 Å². The number of anilines is 2. The first-order valence-corrected chi connectivity index (χ1v) is 9.94. The van der Waals surface area contributed by atoms with E-state index in [0.29, 0.717) is 0 Å². The molecule has 4 N–H and O–H groups in total. The van der Waals surface area contributed by atoms with Gasteiger partial charge in [0, 0.05) is 19.4 Å². The van der Waals surface area contributed by atoms with Gasteiger partial charge < -0.3 is 20.5 Å². The number of nitrogens with two attached hydrogens (primary N) is 1. The molecule has 0 aliphatic heterocycles. The molecule has 0 bridgehead atoms. The lowest BCUT2D eigenvalue weighted by atomic mass is 10.2. The van der Waals surface area contributed by atoms with E-state index < -0.39 is 30.1 Å². The summed E-state index contributed by atoms with van der Waals surface area (Å²) < 4.78 is 50.8. The number of halogens is 3. The van der Waals surface area contributed by atoms with Crippen LogP contribution in [-0.4, -0.2) is 58.3 Å². The van der Waals surface area contributed by atoms with Crippen LogP contribution in [0.3, 0.4) is 0 Å². The topological polar surface area (TPSA) is 163 Å². The van der Waals surface area contributed by atoms with Crippen LogP contribution in [0.25, 0.3) is 10.9 Å². The summed E-state index contributed by atoms with van der Waals surface area (Å²) in [7, 11) is 2.70. The summed E-state index contributed by atoms with van der Waals surface area (Å²) in [6.07, 6.45) is -2.66. The van der Waals surface area contributed by atoms with Crippen molar-refractivity contribution in [1.82, 2.24) is 24.8 Å². The lowest BCUT2D eigenvalue weighted by molar-refractivity contribution is -0.140. The molecule has 2 amide bonds. The summed E-state index contributed by atoms with van der Waals surface area (Å²) in [6.45, 7) is -1.76. The molecule has 1 aromatic carbocycles. The maximum atomic E-state index is 13.2. The monoisotopic (exact) mass is 495 g/mol. The van der Waals surface area contributed by atoms with Crippen LogP contribution in [0.2, 0.25) is 0 Å². The molecule has 0 atom stereocenters. The highest BCUT2D eigenvalue weighted by atomic mass is 19.4. The largest absolute Gasteiger partial charge is 0.491 e. The molecule has 186 valence electrons. The highest BCUT2D eigenvalue weighted by Gasteiger charge is 2.31. The second-order valence-electron chi connectivity index (χ2n) is 6.99. The molecule has 2 heterocycles. The van der Waals surface area contributed by atoms with E-state index in [9.17, 15) is 27.6 Å². The number of fused-ring (bicyclic) bond motifs is 1. The van der Waals surface area contributed by atoms with Crippen LogP contribution in [0.15, 0.2) is 29.3 Å². The Hall–Kier alpha value is -4.43. The predicted molar refractivity (Wildman–Crippen MR) is 117 cm³/mol. The minimum atomic E-state index is -4.80. The maximum absolute atomic E-state index is 13.2. The third kappa shape index (κ3) is 5.93. The van der Waals surface area contributed by atoms with Crippen LogP contribution in [0.5, 0.6) is 11.5 Å². The molecule has 2 aromatic heterocycles. The zero-order valence-electron chi connectivity index (χ0n) is 18.5. The number of alkyl halides is 3. The average molecular weight is 495 g/mol. The Labute approximate surface area is 195 Å². The number of nitrogen functional groups attached to an aromatic ring is 1. The van der Waals surface area contributed by atoms with Gasteiger partial charge in [0.2, 0.25) is 17.8 Å². The summed E-state index contributed by atoms with van der Waals surface area (Å²) in [5.74, 6) is -2.00. The molecular formula is C20H20F3N7O5. The molecule has 0 radical (unpaired) electrons. The third-order valence-electron chi connectivity index (χ3n) is 4.61. The van der Waals surface area contributed by atoms with Crippen LogP contribution < -0.4 is 31.4 Å². The molecule has 3 rings (SSSR count). The van der Waals surface area contributed by atoms with Crippen molar-refractivity contribution in [2.75, 3.05) is 31.8 Å². The van der Waals surface area contributed by atoms with Gasteiger partial charge in [-0.25, -0.2) is 15.0 Å². The molecular weight excluding hydrogens is 475 g/mol. The fourth-order valence-corrected chi connectivity index (χ4v) is 2.98. The quantitative estimate of drug-likeness (QED) is 0.415. The number of nitrogens with zero attached hydrogens (tertiary/aromatic N) is 4. The van der Waals surface area contributed by atoms with E-state index in [1.165, 1.54) is 26.3 Å². The van der Waals surface area contributed by atoms with Crippen LogP contribution in [0.1, 0.15) is 16.8 Å². The zero-order valence-corrected chi connectivity index (χ0v) is 18.5. The van der Waals surface area contributed by atoms with E-state index >= 15 is 0 Å². The number of ether oxygens (including phenoxy) is 2. The number of nitrogens with one attached hydrogen (secondary N) is 2. The number of carbonyl (C=O) groups excluding carboxylic acids is 2. The number of rotatable bonds is 8. The highest BCUT2D eigenvalue weighted by Crippen LogP contribution is 2.34. The fraction of sp³-hybridized carbons (Fsp3) is 0.300. The Bertz CT molecular complexity index is 1310. The lowest BCUT2D eigenvalue weighted by Crippen LogP contribution is -2.32. The smallest absolute Gasteiger partial charge is 0.406 e. The van der Waals surface area contributed by atoms with Gasteiger partial charge in [-0.1, -0.05) is 0 Å². The SMILES string of the molecule is CNC(=O)CCOc1ccc2c(=O)n(CC(F)(F)F)c(NC(=O)c3cnc(N)nc3)nc2c1OC. The molecule has 35 heavy (non-hydrogen) atoms. The Morgan fingerprint density at radius 3 is 2.49 bits per heavy atom. The molecule has 0 fully saturated rings. The van der Waals surface area contributed by atoms with Crippen LogP contribution in [-0.2, 0) is 11.3 Å². The molecule has 0 saturated heterocycles. The summed E-state index contributed by atoms with van der Waals surface area (Å²) in [6, 6.07) is 2.53. The van der Waals surface area contributed by atoms with Gasteiger partial charge in [-0.3, -0.25) is 24.3 Å². The Morgan fingerprint density at radius 2 is 1.89 bits per heavy atom. The molecule has 0 aliphatic rings. The fourth-order valence-electron chi connectivity index (χ4n) is 2.98. The number of hydrogen-bond acceptors (Lipinski definition) is 9. The van der Waals surface area contributed by atoms with Crippen molar-refractivity contribution in [3.05, 3.63) is 40.4 Å². The number of methoxy groups -OCH3 is 1. The first kappa shape index (κ1) is 25.2. The summed E-state index contributed by atoms with van der Waals surface area (Å²) in [5.41, 5.74) is 4.01. The first-order chi connectivity index (χ1) is 16.5. The molecule has 12 nitrogen and oxygen atoms in total. The van der Waals surface area contributed by atoms with Crippen molar-refractivity contribution in [1.29, 1.82) is 0 Å². The Morgan fingerprint density at radius 1 is 1.20 bits per heavy atom. The maximum Gasteiger partial charge on any atom is 0.406 e. The Kier molecular flexibility index (Phi) is 7.37. The van der Waals surface area contributed by atoms with Crippen LogP contribution >= 0.6 is 0 Å². The average Bonchev–Trinajstić information content (AvgIpc) is 2.80. The number of hydrogen-bond donors (Lipinski definition) is 3. The number of carbonyl (C=O) groups is 2. The molecule has 15 heteroatoms. The van der Waals surface area contributed by atoms with Crippen LogP contribution in [0.4, 0.5) is 25.1 Å². The number of benzene rings is 1. The van der Waals surface area contributed by atoms with Gasteiger partial charge >= 0.3 is 6.18 Å². The second-order valence-corrected chi connectivity index (χ2v) is 6.99. The minimum Gasteiger partial charge on any atom is -0.491 e. The van der Waals surface area contributed by atoms with E-state index in [4.69, 9.17) is 15.2 Å². The molecule has 0 unspecified atom stereocenters. The van der Waals surface area contributed by atoms with Gasteiger partial charge in [0.05, 0.1) is 31.1 Å². The van der Waals surface area contributed by atoms with Crippen molar-refractivity contribution in [2.24, 2.45) is 0 Å². The number of aromatic nitrogens is 4. The predicted octanol–water partition coefficient (Wildman–Crippen LogP) is 1.11. The van der Waals surface area contributed by atoms with E-state index in [0.717, 1.165) is 12.4 Å². The molecule has 0 spiro atoms. The van der Waals surface area contributed by atoms with Gasteiger partial charge in [-0.05, 0) is 12.1 Å². The second kappa shape index (κ2) is 10.2. The minimum absolute atomic E-state index is 0.0171. The first-order valence-electron chi connectivity index (χ1n) is 9.94. The zero-order chi connectivity index (χ0) is 25.8. The van der Waals surface area contributed by atoms with Crippen molar-refractivity contribution < 1.29 is 32.2 Å². The Balaban J connectivity index is 2.10. The molecule has 0 aliphatic carbocycles. The van der Waals surface area contributed by atoms with E-state index in [1.807, 2.05) is 0 Å². The number of amides is 2. The van der Waals surface area contributed by atoms with Crippen molar-refractivity contribution in [3.63, 3.8) is 0 Å². The van der Waals surface area contributed by atoms with Gasteiger partial charge in [0.1, 0.15) is 12.1 Å². The normalized spacial score (nSPS) is 11.2. The third-order valence-corrected chi connectivity index (χ3v) is 4.61. The lowest BCUT2D eigenvalue weighted by Gasteiger charge is -2.17. The van der Waals surface area contributed by atoms with Crippen molar-refractivity contribution >= 4 is 34.6 Å².